The lowest BCUT2D eigenvalue weighted by molar-refractivity contribution is -0.136. The standard InChI is InChI=1S/C10H17N3O4/c11-2-1-7-6-17-4-3-13(7)8(10(15)16)5-9(12)14/h5,7H,1-4,6,11H2,(H2,12,14)(H,15,16)/b8-5+. The Bertz CT molecular complexity index is 328. The summed E-state index contributed by atoms with van der Waals surface area (Å²) in [7, 11) is 0. The average molecular weight is 243 g/mol. The molecule has 1 unspecified atom stereocenters. The van der Waals surface area contributed by atoms with Crippen LogP contribution < -0.4 is 11.5 Å². The average Bonchev–Trinajstić information content (AvgIpc) is 2.27. The minimum Gasteiger partial charge on any atom is -0.477 e. The van der Waals surface area contributed by atoms with Gasteiger partial charge in [0.15, 0.2) is 0 Å². The van der Waals surface area contributed by atoms with E-state index in [1.54, 1.807) is 4.90 Å². The first-order valence-electron chi connectivity index (χ1n) is 5.35. The predicted octanol–water partition coefficient (Wildman–Crippen LogP) is -1.51. The summed E-state index contributed by atoms with van der Waals surface area (Å²) in [6.07, 6.45) is 1.53. The Morgan fingerprint density at radius 1 is 1.53 bits per heavy atom. The molecule has 0 saturated carbocycles. The molecule has 17 heavy (non-hydrogen) atoms. The molecular weight excluding hydrogens is 226 g/mol. The van der Waals surface area contributed by atoms with Crippen molar-refractivity contribution in [3.63, 3.8) is 0 Å². The molecule has 1 rings (SSSR count). The quantitative estimate of drug-likeness (QED) is 0.505. The maximum Gasteiger partial charge on any atom is 0.352 e. The molecule has 7 nitrogen and oxygen atoms in total. The summed E-state index contributed by atoms with van der Waals surface area (Å²) in [6.45, 7) is 1.66. The predicted molar refractivity (Wildman–Crippen MR) is 59.9 cm³/mol. The molecule has 5 N–H and O–H groups in total. The summed E-state index contributed by atoms with van der Waals surface area (Å²) < 4.78 is 5.27. The van der Waals surface area contributed by atoms with Crippen LogP contribution in [0.25, 0.3) is 0 Å². The SMILES string of the molecule is NCCC1COCCN1/C(=C/C(N)=O)C(=O)O. The number of nitrogens with zero attached hydrogens (tertiary/aromatic N) is 1. The van der Waals surface area contributed by atoms with Crippen molar-refractivity contribution in [3.8, 4) is 0 Å². The number of nitrogens with two attached hydrogens (primary N) is 2. The Hall–Kier alpha value is -1.60. The third kappa shape index (κ3) is 3.72. The molecule has 0 radical (unpaired) electrons. The highest BCUT2D eigenvalue weighted by Gasteiger charge is 2.28. The third-order valence-corrected chi connectivity index (χ3v) is 2.53. The minimum atomic E-state index is -1.17. The Labute approximate surface area is 99.0 Å². The highest BCUT2D eigenvalue weighted by Crippen LogP contribution is 2.16. The van der Waals surface area contributed by atoms with Crippen LogP contribution in [-0.2, 0) is 14.3 Å². The van der Waals surface area contributed by atoms with Gasteiger partial charge in [-0.2, -0.15) is 0 Å². The zero-order valence-corrected chi connectivity index (χ0v) is 9.46. The summed E-state index contributed by atoms with van der Waals surface area (Å²) >= 11 is 0. The van der Waals surface area contributed by atoms with E-state index in [1.807, 2.05) is 0 Å². The maximum absolute atomic E-state index is 11.1. The Kier molecular flexibility index (Phi) is 4.92. The van der Waals surface area contributed by atoms with Crippen molar-refractivity contribution in [3.05, 3.63) is 11.8 Å². The van der Waals surface area contributed by atoms with Crippen LogP contribution in [0.1, 0.15) is 6.42 Å². The van der Waals surface area contributed by atoms with Crippen LogP contribution in [0, 0.1) is 0 Å². The van der Waals surface area contributed by atoms with Gasteiger partial charge in [-0.05, 0) is 13.0 Å². The number of rotatable bonds is 5. The molecule has 1 aliphatic rings. The zero-order chi connectivity index (χ0) is 12.8. The number of amides is 1. The molecule has 0 aliphatic carbocycles. The van der Waals surface area contributed by atoms with Crippen LogP contribution >= 0.6 is 0 Å². The van der Waals surface area contributed by atoms with Gasteiger partial charge in [0.25, 0.3) is 0 Å². The molecule has 7 heteroatoms. The van der Waals surface area contributed by atoms with Crippen molar-refractivity contribution in [2.75, 3.05) is 26.3 Å². The second kappa shape index (κ2) is 6.21. The number of hydrogen-bond acceptors (Lipinski definition) is 5. The van der Waals surface area contributed by atoms with Gasteiger partial charge >= 0.3 is 5.97 Å². The van der Waals surface area contributed by atoms with Crippen molar-refractivity contribution >= 4 is 11.9 Å². The molecule has 1 amide bonds. The fourth-order valence-corrected chi connectivity index (χ4v) is 1.81. The lowest BCUT2D eigenvalue weighted by Gasteiger charge is -2.37. The van der Waals surface area contributed by atoms with Crippen LogP contribution in [0.3, 0.4) is 0 Å². The van der Waals surface area contributed by atoms with Gasteiger partial charge in [0, 0.05) is 12.6 Å². The van der Waals surface area contributed by atoms with Gasteiger partial charge in [-0.15, -0.1) is 0 Å². The van der Waals surface area contributed by atoms with E-state index in [-0.39, 0.29) is 11.7 Å². The molecule has 96 valence electrons. The number of carbonyl (C=O) groups is 2. The van der Waals surface area contributed by atoms with Crippen LogP contribution in [0.5, 0.6) is 0 Å². The highest BCUT2D eigenvalue weighted by molar-refractivity contribution is 5.96. The van der Waals surface area contributed by atoms with Gasteiger partial charge in [-0.25, -0.2) is 4.79 Å². The molecule has 1 heterocycles. The fraction of sp³-hybridized carbons (Fsp3) is 0.600. The molecule has 0 aromatic heterocycles. The van der Waals surface area contributed by atoms with Crippen molar-refractivity contribution < 1.29 is 19.4 Å². The van der Waals surface area contributed by atoms with Crippen LogP contribution in [0.15, 0.2) is 11.8 Å². The molecule has 0 spiro atoms. The van der Waals surface area contributed by atoms with Crippen LogP contribution in [0.4, 0.5) is 0 Å². The van der Waals surface area contributed by atoms with Crippen molar-refractivity contribution in [2.24, 2.45) is 11.5 Å². The number of morpholine rings is 1. The van der Waals surface area contributed by atoms with Gasteiger partial charge in [0.05, 0.1) is 19.3 Å². The minimum absolute atomic E-state index is 0.0979. The summed E-state index contributed by atoms with van der Waals surface area (Å²) in [5.41, 5.74) is 10.4. The van der Waals surface area contributed by atoms with Gasteiger partial charge in [-0.1, -0.05) is 0 Å². The topological polar surface area (TPSA) is 119 Å². The fourth-order valence-electron chi connectivity index (χ4n) is 1.81. The summed E-state index contributed by atoms with van der Waals surface area (Å²) in [4.78, 5) is 23.5. The van der Waals surface area contributed by atoms with E-state index in [0.717, 1.165) is 6.08 Å². The van der Waals surface area contributed by atoms with Crippen molar-refractivity contribution in [1.29, 1.82) is 0 Å². The molecule has 1 saturated heterocycles. The van der Waals surface area contributed by atoms with E-state index in [2.05, 4.69) is 0 Å². The van der Waals surface area contributed by atoms with E-state index in [1.165, 1.54) is 0 Å². The molecule has 1 fully saturated rings. The largest absolute Gasteiger partial charge is 0.477 e. The number of aliphatic carboxylic acids is 1. The summed E-state index contributed by atoms with van der Waals surface area (Å²) in [6, 6.07) is -0.129. The number of primary amides is 1. The molecule has 0 bridgehead atoms. The highest BCUT2D eigenvalue weighted by atomic mass is 16.5. The number of ether oxygens (including phenoxy) is 1. The molecule has 0 aromatic carbocycles. The number of carboxylic acid groups (broad SMARTS) is 1. The molecular formula is C10H17N3O4. The van der Waals surface area contributed by atoms with Gasteiger partial charge in [0.2, 0.25) is 5.91 Å². The van der Waals surface area contributed by atoms with Gasteiger partial charge in [-0.3, -0.25) is 4.79 Å². The first-order chi connectivity index (χ1) is 8.06. The van der Waals surface area contributed by atoms with Crippen LogP contribution in [-0.4, -0.2) is 54.2 Å². The van der Waals surface area contributed by atoms with Gasteiger partial charge in [0.1, 0.15) is 5.70 Å². The zero-order valence-electron chi connectivity index (χ0n) is 9.46. The number of carbonyl (C=O) groups excluding carboxylic acids is 1. The number of hydrogen-bond donors (Lipinski definition) is 3. The second-order valence-corrected chi connectivity index (χ2v) is 3.74. The molecule has 1 aliphatic heterocycles. The lowest BCUT2D eigenvalue weighted by atomic mass is 10.1. The third-order valence-electron chi connectivity index (χ3n) is 2.53. The second-order valence-electron chi connectivity index (χ2n) is 3.74. The Morgan fingerprint density at radius 2 is 2.24 bits per heavy atom. The molecule has 1 atom stereocenters. The Morgan fingerprint density at radius 3 is 2.76 bits per heavy atom. The lowest BCUT2D eigenvalue weighted by Crippen LogP contribution is -2.47. The van der Waals surface area contributed by atoms with E-state index in [9.17, 15) is 9.59 Å². The van der Waals surface area contributed by atoms with E-state index in [0.29, 0.717) is 32.7 Å². The smallest absolute Gasteiger partial charge is 0.352 e. The van der Waals surface area contributed by atoms with E-state index < -0.39 is 11.9 Å². The van der Waals surface area contributed by atoms with E-state index >= 15 is 0 Å². The van der Waals surface area contributed by atoms with Crippen molar-refractivity contribution in [2.45, 2.75) is 12.5 Å². The first kappa shape index (κ1) is 13.5. The maximum atomic E-state index is 11.1. The summed E-state index contributed by atoms with van der Waals surface area (Å²) in [5, 5.41) is 9.07. The first-order valence-corrected chi connectivity index (χ1v) is 5.35. The van der Waals surface area contributed by atoms with Gasteiger partial charge < -0.3 is 26.2 Å². The normalized spacial score (nSPS) is 21.4. The summed E-state index contributed by atoms with van der Waals surface area (Å²) in [5.74, 6) is -1.95. The number of carboxylic acids is 1. The van der Waals surface area contributed by atoms with Crippen molar-refractivity contribution in [1.82, 2.24) is 4.90 Å². The Balaban J connectivity index is 2.90. The van der Waals surface area contributed by atoms with Crippen LogP contribution in [0.2, 0.25) is 0 Å². The monoisotopic (exact) mass is 243 g/mol. The van der Waals surface area contributed by atoms with E-state index in [4.69, 9.17) is 21.3 Å². The molecule has 0 aromatic rings.